The average molecular weight is 710 g/mol. The van der Waals surface area contributed by atoms with Gasteiger partial charge in [-0.05, 0) is 0 Å². The van der Waals surface area contributed by atoms with Gasteiger partial charge in [-0.15, -0.1) is 0 Å². The second-order valence-corrected chi connectivity index (χ2v) is 11.8. The van der Waals surface area contributed by atoms with E-state index in [-0.39, 0.29) is 13.2 Å². The molecular weight excluding hydrogens is 662 g/mol. The Morgan fingerprint density at radius 2 is 0.708 bits per heavy atom. The van der Waals surface area contributed by atoms with Gasteiger partial charge in [0.25, 0.3) is 0 Å². The lowest BCUT2D eigenvalue weighted by atomic mass is 9.95. The molecule has 0 bridgehead atoms. The zero-order valence-corrected chi connectivity index (χ0v) is 25.4. The van der Waals surface area contributed by atoms with Gasteiger partial charge in [-0.3, -0.25) is 0 Å². The van der Waals surface area contributed by atoms with Crippen LogP contribution in [0.1, 0.15) is 0 Å². The third kappa shape index (κ3) is 8.26. The van der Waals surface area contributed by atoms with Gasteiger partial charge in [-0.1, -0.05) is 0 Å². The van der Waals surface area contributed by atoms with Crippen LogP contribution in [0, 0.1) is 0 Å². The van der Waals surface area contributed by atoms with Crippen molar-refractivity contribution in [3.05, 3.63) is 0 Å². The number of aliphatic hydroxyl groups excluding tert-OH is 13. The summed E-state index contributed by atoms with van der Waals surface area (Å²) < 4.78 is 43.7. The summed E-state index contributed by atoms with van der Waals surface area (Å²) in [5.41, 5.74) is 5.38. The molecule has 0 saturated carbocycles. The van der Waals surface area contributed by atoms with Crippen molar-refractivity contribution in [2.45, 2.75) is 123 Å². The zero-order chi connectivity index (χ0) is 35.4. The van der Waals surface area contributed by atoms with Gasteiger partial charge in [0, 0.05) is 6.54 Å². The number of hydrogen-bond acceptors (Lipinski definition) is 22. The van der Waals surface area contributed by atoms with Crippen molar-refractivity contribution in [3.63, 3.8) is 0 Å². The van der Waals surface area contributed by atoms with E-state index in [4.69, 9.17) is 43.6 Å². The van der Waals surface area contributed by atoms with Gasteiger partial charge in [0.15, 0.2) is 25.2 Å². The van der Waals surface area contributed by atoms with Crippen molar-refractivity contribution < 1.29 is 104 Å². The van der Waals surface area contributed by atoms with Crippen LogP contribution in [0.5, 0.6) is 0 Å². The minimum atomic E-state index is -2.02. The topological polar surface area (TPSA) is 363 Å². The van der Waals surface area contributed by atoms with Crippen LogP contribution in [0.25, 0.3) is 0 Å². The summed E-state index contributed by atoms with van der Waals surface area (Å²) in [6.07, 6.45) is -34.3. The number of hydrogen-bond donors (Lipinski definition) is 14. The lowest BCUT2D eigenvalue weighted by Gasteiger charge is -2.49. The molecule has 4 aliphatic rings. The smallest absolute Gasteiger partial charge is 0.187 e. The van der Waals surface area contributed by atoms with Gasteiger partial charge in [0.1, 0.15) is 97.7 Å². The summed E-state index contributed by atoms with van der Waals surface area (Å²) in [5.74, 6) is 0. The van der Waals surface area contributed by atoms with Crippen LogP contribution in [-0.2, 0) is 37.9 Å². The first-order chi connectivity index (χ1) is 22.8. The summed E-state index contributed by atoms with van der Waals surface area (Å²) in [7, 11) is 0. The molecule has 4 saturated heterocycles. The summed E-state index contributed by atoms with van der Waals surface area (Å²) in [6.45, 7) is -3.29. The van der Waals surface area contributed by atoms with Crippen LogP contribution in [-0.4, -0.2) is 229 Å². The third-order valence-corrected chi connectivity index (χ3v) is 8.58. The molecule has 4 rings (SSSR count). The maximum absolute atomic E-state index is 11.0. The number of rotatable bonds is 13. The molecule has 48 heavy (non-hydrogen) atoms. The van der Waals surface area contributed by atoms with Gasteiger partial charge in [-0.2, -0.15) is 0 Å². The largest absolute Gasteiger partial charge is 0.394 e. The predicted octanol–water partition coefficient (Wildman–Crippen LogP) is -9.77. The zero-order valence-electron chi connectivity index (χ0n) is 25.4. The molecule has 22 heteroatoms. The Bertz CT molecular complexity index is 965. The van der Waals surface area contributed by atoms with E-state index >= 15 is 0 Å². The maximum atomic E-state index is 11.0. The van der Waals surface area contributed by atoms with E-state index in [9.17, 15) is 66.4 Å². The second kappa shape index (κ2) is 17.6. The molecule has 282 valence electrons. The van der Waals surface area contributed by atoms with E-state index in [0.29, 0.717) is 0 Å². The molecule has 0 spiro atoms. The highest BCUT2D eigenvalue weighted by Gasteiger charge is 2.55. The fourth-order valence-corrected chi connectivity index (χ4v) is 5.85. The molecule has 4 heterocycles. The van der Waals surface area contributed by atoms with Gasteiger partial charge in [0.2, 0.25) is 0 Å². The predicted molar refractivity (Wildman–Crippen MR) is 147 cm³/mol. The van der Waals surface area contributed by atoms with Crippen LogP contribution in [0.3, 0.4) is 0 Å². The summed E-state index contributed by atoms with van der Waals surface area (Å²) >= 11 is 0. The Labute approximate surface area is 272 Å². The normalized spacial score (nSPS) is 50.4. The molecule has 0 aromatic carbocycles. The van der Waals surface area contributed by atoms with Crippen LogP contribution in [0.2, 0.25) is 0 Å². The molecule has 0 aromatic heterocycles. The van der Waals surface area contributed by atoms with Crippen molar-refractivity contribution in [1.82, 2.24) is 0 Å². The third-order valence-electron chi connectivity index (χ3n) is 8.58. The molecular formula is C26H47NO21. The Balaban J connectivity index is 1.42. The molecule has 0 amide bonds. The highest BCUT2D eigenvalue weighted by atomic mass is 16.8. The fourth-order valence-electron chi connectivity index (χ4n) is 5.85. The molecule has 0 radical (unpaired) electrons. The molecule has 22 nitrogen and oxygen atoms in total. The van der Waals surface area contributed by atoms with Gasteiger partial charge >= 0.3 is 0 Å². The molecule has 9 unspecified atom stereocenters. The molecule has 0 aromatic rings. The molecule has 15 N–H and O–H groups in total. The highest BCUT2D eigenvalue weighted by Crippen LogP contribution is 2.34. The quantitative estimate of drug-likeness (QED) is 0.0844. The Hall–Kier alpha value is -0.880. The number of nitrogens with two attached hydrogens (primary N) is 1. The lowest BCUT2D eigenvalue weighted by molar-refractivity contribution is -0.388. The minimum Gasteiger partial charge on any atom is -0.394 e. The number of ether oxygens (including phenoxy) is 8. The monoisotopic (exact) mass is 709 g/mol. The Morgan fingerprint density at radius 1 is 0.396 bits per heavy atom. The van der Waals surface area contributed by atoms with Crippen LogP contribution < -0.4 is 5.73 Å². The van der Waals surface area contributed by atoms with Crippen LogP contribution in [0.15, 0.2) is 0 Å². The van der Waals surface area contributed by atoms with Crippen molar-refractivity contribution in [2.75, 3.05) is 39.6 Å². The van der Waals surface area contributed by atoms with Gasteiger partial charge in [-0.25, -0.2) is 0 Å². The SMILES string of the molecule is NCCO[C@H]1OC(CO)[C@H](O[C@H]2OC(CO)[C@@H](O[C@@H]3OC(CO)[C@@H](O[C@@H]4OC(CO)[C@@H](O)C(O)[C@@H]4O)C(O)[C@@H]3O)[C@H](O)C2O)C(O)C1O. The molecule has 4 aliphatic heterocycles. The second-order valence-electron chi connectivity index (χ2n) is 11.8. The van der Waals surface area contributed by atoms with E-state index < -0.39 is 149 Å². The van der Waals surface area contributed by atoms with Crippen molar-refractivity contribution >= 4 is 0 Å². The van der Waals surface area contributed by atoms with Crippen molar-refractivity contribution in [1.29, 1.82) is 0 Å². The van der Waals surface area contributed by atoms with Crippen molar-refractivity contribution in [2.24, 2.45) is 5.73 Å². The van der Waals surface area contributed by atoms with Crippen LogP contribution in [0.4, 0.5) is 0 Å². The van der Waals surface area contributed by atoms with E-state index in [1.165, 1.54) is 0 Å². The van der Waals surface area contributed by atoms with E-state index in [1.54, 1.807) is 0 Å². The van der Waals surface area contributed by atoms with Crippen molar-refractivity contribution in [3.8, 4) is 0 Å². The van der Waals surface area contributed by atoms with E-state index in [2.05, 4.69) is 0 Å². The average Bonchev–Trinajstić information content (AvgIpc) is 3.08. The van der Waals surface area contributed by atoms with Gasteiger partial charge in [0.05, 0.1) is 33.0 Å². The lowest BCUT2D eigenvalue weighted by Crippen LogP contribution is -2.67. The first-order valence-corrected chi connectivity index (χ1v) is 15.3. The van der Waals surface area contributed by atoms with Crippen LogP contribution >= 0.6 is 0 Å². The Morgan fingerprint density at radius 3 is 1.06 bits per heavy atom. The highest BCUT2D eigenvalue weighted by molar-refractivity contribution is 4.97. The summed E-state index contributed by atoms with van der Waals surface area (Å²) in [5, 5.41) is 134. The number of aliphatic hydroxyl groups is 13. The maximum Gasteiger partial charge on any atom is 0.187 e. The molecule has 4 fully saturated rings. The first-order valence-electron chi connectivity index (χ1n) is 15.3. The van der Waals surface area contributed by atoms with E-state index in [0.717, 1.165) is 0 Å². The van der Waals surface area contributed by atoms with E-state index in [1.807, 2.05) is 0 Å². The minimum absolute atomic E-state index is 0.0459. The standard InChI is InChI=1S/C26H47NO21/c27-1-2-41-23-17(38)13(34)20(8(4-29)43-23)47-25-19(40)15(36)22(10(6-31)45-25)48-26-18(39)14(35)21(9(5-30)44-26)46-24-16(37)12(33)11(32)7(3-28)42-24/h7-26,28-40H,1-6,27H2/t7?,8?,9?,10?,11-,12?,13?,14?,15-,16+,17?,18+,19?,20+,21-,22-,23+,24+,25-,26+/m1/s1. The Kier molecular flexibility index (Phi) is 14.6. The molecule has 20 atom stereocenters. The fraction of sp³-hybridized carbons (Fsp3) is 1.00. The molecule has 0 aliphatic carbocycles. The first kappa shape index (κ1) is 39.9. The summed E-state index contributed by atoms with van der Waals surface area (Å²) in [6, 6.07) is 0. The summed E-state index contributed by atoms with van der Waals surface area (Å²) in [4.78, 5) is 0. The van der Waals surface area contributed by atoms with Gasteiger partial charge < -0.3 is 110 Å².